The minimum atomic E-state index is -0.383. The molecule has 2 aromatic carbocycles. The predicted octanol–water partition coefficient (Wildman–Crippen LogP) is 0.313. The van der Waals surface area contributed by atoms with Crippen LogP contribution in [0.1, 0.15) is 6.92 Å². The van der Waals surface area contributed by atoms with Crippen LogP contribution in [-0.2, 0) is 9.53 Å². The van der Waals surface area contributed by atoms with Crippen LogP contribution in [0.2, 0.25) is 0 Å². The Hall–Kier alpha value is -1.82. The maximum atomic E-state index is 11.2. The second-order valence-corrected chi connectivity index (χ2v) is 7.64. The van der Waals surface area contributed by atoms with Crippen LogP contribution in [0.5, 0.6) is 5.75 Å². The van der Waals surface area contributed by atoms with Crippen molar-refractivity contribution in [3.63, 3.8) is 0 Å². The molecule has 0 saturated heterocycles. The van der Waals surface area contributed by atoms with Crippen LogP contribution in [0.4, 0.5) is 0 Å². The van der Waals surface area contributed by atoms with Crippen LogP contribution in [0.25, 0.3) is 0 Å². The Bertz CT molecular complexity index is 621. The van der Waals surface area contributed by atoms with E-state index < -0.39 is 0 Å². The first-order chi connectivity index (χ1) is 10.6. The first-order valence-electron chi connectivity index (χ1n) is 6.90. The van der Waals surface area contributed by atoms with Gasteiger partial charge < -0.3 is 0 Å². The average Bonchev–Trinajstić information content (AvgIpc) is 2.53. The Morgan fingerprint density at radius 1 is 1.00 bits per heavy atom. The third-order valence-electron chi connectivity index (χ3n) is 2.70. The van der Waals surface area contributed by atoms with Gasteiger partial charge in [0.1, 0.15) is 0 Å². The summed E-state index contributed by atoms with van der Waals surface area (Å²) in [5.74, 6) is 0.402. The fourth-order valence-electron chi connectivity index (χ4n) is 1.61. The molecule has 0 aliphatic heterocycles. The number of ether oxygens (including phenoxy) is 2. The monoisotopic (exact) mass is 409 g/mol. The first-order valence-corrected chi connectivity index (χ1v) is 9.06. The van der Waals surface area contributed by atoms with E-state index >= 15 is 0 Å². The van der Waals surface area contributed by atoms with Crippen molar-refractivity contribution < 1.29 is 35.5 Å². The summed E-state index contributed by atoms with van der Waals surface area (Å²) in [7, 11) is 0. The van der Waals surface area contributed by atoms with Crippen LogP contribution < -0.4 is 25.9 Å². The molecular weight excluding hydrogens is 391 g/mol. The van der Waals surface area contributed by atoms with E-state index in [1.807, 2.05) is 18.2 Å². The molecule has 3 nitrogen and oxygen atoms in total. The van der Waals surface area contributed by atoms with E-state index in [0.717, 1.165) is 5.75 Å². The normalized spacial score (nSPS) is 10.2. The van der Waals surface area contributed by atoms with Crippen LogP contribution >= 0.6 is 0 Å². The van der Waals surface area contributed by atoms with Crippen molar-refractivity contribution in [3.8, 4) is 5.75 Å². The molecule has 0 amide bonds. The summed E-state index contributed by atoms with van der Waals surface area (Å²) in [4.78, 5) is 11.2. The molecule has 0 fully saturated rings. The third kappa shape index (κ3) is 5.52. The maximum absolute atomic E-state index is 11.2. The van der Waals surface area contributed by atoms with Gasteiger partial charge in [0.25, 0.3) is 0 Å². The molecule has 2 rings (SSSR count). The molecule has 2 aromatic rings. The zero-order valence-corrected chi connectivity index (χ0v) is 14.6. The van der Waals surface area contributed by atoms with E-state index in [4.69, 9.17) is 9.47 Å². The van der Waals surface area contributed by atoms with E-state index in [-0.39, 0.29) is 33.8 Å². The number of hydrogen-bond acceptors (Lipinski definition) is 3. The van der Waals surface area contributed by atoms with Crippen LogP contribution in [-0.4, -0.2) is 19.2 Å². The standard InChI is InChI=1S/C18H18IO3/c1-14(2)18(20)22-13-12-21-17-10-8-16(9-11-17)19-15-6-4-3-5-7-15/h3-11H,1,12-13H2,2H3/q-1. The fraction of sp³-hybridized carbons (Fsp3) is 0.167. The number of carbonyl (C=O) groups is 1. The van der Waals surface area contributed by atoms with Gasteiger partial charge in [-0.05, 0) is 0 Å². The van der Waals surface area contributed by atoms with E-state index in [9.17, 15) is 4.79 Å². The van der Waals surface area contributed by atoms with Gasteiger partial charge in [0.05, 0.1) is 0 Å². The number of esters is 1. The zero-order chi connectivity index (χ0) is 15.8. The Balaban J connectivity index is 1.77. The predicted molar refractivity (Wildman–Crippen MR) is 81.5 cm³/mol. The third-order valence-corrected chi connectivity index (χ3v) is 5.38. The Kier molecular flexibility index (Phi) is 6.45. The van der Waals surface area contributed by atoms with Gasteiger partial charge in [-0.15, -0.1) is 0 Å². The number of halogens is 1. The van der Waals surface area contributed by atoms with Crippen molar-refractivity contribution in [1.29, 1.82) is 0 Å². The van der Waals surface area contributed by atoms with E-state index in [1.165, 1.54) is 7.14 Å². The number of carbonyl (C=O) groups excluding carboxylic acids is 1. The molecule has 4 heteroatoms. The molecule has 0 aromatic heterocycles. The van der Waals surface area contributed by atoms with Crippen LogP contribution in [0.15, 0.2) is 66.7 Å². The molecule has 0 heterocycles. The van der Waals surface area contributed by atoms with Crippen molar-refractivity contribution in [2.24, 2.45) is 0 Å². The molecule has 0 aliphatic carbocycles. The SMILES string of the molecule is C=C(C)C(=O)OCCOc1ccc([I-]c2ccccc2)cc1. The van der Waals surface area contributed by atoms with E-state index in [0.29, 0.717) is 12.2 Å². The van der Waals surface area contributed by atoms with Gasteiger partial charge in [-0.2, -0.15) is 0 Å². The summed E-state index contributed by atoms with van der Waals surface area (Å²) in [6.45, 7) is 5.71. The molecule has 0 radical (unpaired) electrons. The number of rotatable bonds is 7. The second-order valence-electron chi connectivity index (χ2n) is 4.61. The first kappa shape index (κ1) is 16.5. The molecule has 0 spiro atoms. The van der Waals surface area contributed by atoms with Crippen LogP contribution in [0.3, 0.4) is 0 Å². The van der Waals surface area contributed by atoms with E-state index in [2.05, 4.69) is 43.0 Å². The summed E-state index contributed by atoms with van der Waals surface area (Å²) in [6.07, 6.45) is 0. The Morgan fingerprint density at radius 2 is 1.64 bits per heavy atom. The number of hydrogen-bond donors (Lipinski definition) is 0. The van der Waals surface area contributed by atoms with E-state index in [1.54, 1.807) is 6.92 Å². The Morgan fingerprint density at radius 3 is 2.27 bits per heavy atom. The summed E-state index contributed by atoms with van der Waals surface area (Å²) in [6, 6.07) is 18.6. The average molecular weight is 409 g/mol. The molecule has 0 bridgehead atoms. The van der Waals surface area contributed by atoms with Crippen molar-refractivity contribution in [2.45, 2.75) is 6.92 Å². The van der Waals surface area contributed by atoms with Gasteiger partial charge in [-0.3, -0.25) is 0 Å². The van der Waals surface area contributed by atoms with Gasteiger partial charge in [0.2, 0.25) is 0 Å². The molecule has 0 unspecified atom stereocenters. The van der Waals surface area contributed by atoms with Gasteiger partial charge in [0, 0.05) is 0 Å². The molecule has 0 N–H and O–H groups in total. The van der Waals surface area contributed by atoms with Crippen molar-refractivity contribution in [2.75, 3.05) is 13.2 Å². The van der Waals surface area contributed by atoms with Gasteiger partial charge >= 0.3 is 141 Å². The minimum absolute atomic E-state index is 0.152. The zero-order valence-electron chi connectivity index (χ0n) is 12.4. The topological polar surface area (TPSA) is 35.5 Å². The summed E-state index contributed by atoms with van der Waals surface area (Å²) >= 11 is -0.152. The van der Waals surface area contributed by atoms with Crippen molar-refractivity contribution in [1.82, 2.24) is 0 Å². The summed E-state index contributed by atoms with van der Waals surface area (Å²) in [5.41, 5.74) is 0.397. The van der Waals surface area contributed by atoms with Crippen LogP contribution in [0, 0.1) is 7.14 Å². The summed E-state index contributed by atoms with van der Waals surface area (Å²) < 4.78 is 13.2. The number of benzene rings is 2. The Labute approximate surface area is 141 Å². The quantitative estimate of drug-likeness (QED) is 0.286. The summed E-state index contributed by atoms with van der Waals surface area (Å²) in [5, 5.41) is 0. The van der Waals surface area contributed by atoms with Gasteiger partial charge in [-0.25, -0.2) is 0 Å². The molecule has 0 aliphatic rings. The van der Waals surface area contributed by atoms with Crippen molar-refractivity contribution in [3.05, 3.63) is 73.9 Å². The fourth-order valence-corrected chi connectivity index (χ4v) is 3.83. The molecule has 0 atom stereocenters. The second kappa shape index (κ2) is 8.58. The molecule has 22 heavy (non-hydrogen) atoms. The van der Waals surface area contributed by atoms with Gasteiger partial charge in [-0.1, -0.05) is 0 Å². The molecule has 0 saturated carbocycles. The van der Waals surface area contributed by atoms with Crippen molar-refractivity contribution >= 4 is 5.97 Å². The van der Waals surface area contributed by atoms with Gasteiger partial charge in [0.15, 0.2) is 0 Å². The molecule has 116 valence electrons. The molecular formula is C18H18IO3-.